The second-order valence-corrected chi connectivity index (χ2v) is 6.29. The quantitative estimate of drug-likeness (QED) is 0.623. The lowest BCUT2D eigenvalue weighted by atomic mass is 10.0. The first-order chi connectivity index (χ1) is 11.3. The van der Waals surface area contributed by atoms with E-state index < -0.39 is 0 Å². The van der Waals surface area contributed by atoms with Crippen molar-refractivity contribution in [1.29, 1.82) is 0 Å². The van der Waals surface area contributed by atoms with Gasteiger partial charge >= 0.3 is 0 Å². The largest absolute Gasteiger partial charge is 0.303 e. The predicted octanol–water partition coefficient (Wildman–Crippen LogP) is 4.78. The van der Waals surface area contributed by atoms with Crippen LogP contribution in [0.5, 0.6) is 0 Å². The predicted molar refractivity (Wildman–Crippen MR) is 102 cm³/mol. The van der Waals surface area contributed by atoms with Gasteiger partial charge in [-0.2, -0.15) is 0 Å². The van der Waals surface area contributed by atoms with Crippen molar-refractivity contribution in [3.05, 3.63) is 48.0 Å². The summed E-state index contributed by atoms with van der Waals surface area (Å²) in [5.74, 6) is 0. The number of likely N-dealkylation sites (N-methyl/N-ethyl adjacent to an activating group) is 1. The van der Waals surface area contributed by atoms with Crippen LogP contribution in [0, 0.1) is 0 Å². The molecule has 0 unspecified atom stereocenters. The third-order valence-electron chi connectivity index (χ3n) is 4.73. The molecule has 0 aliphatic heterocycles. The van der Waals surface area contributed by atoms with Crippen LogP contribution in [0.15, 0.2) is 42.5 Å². The van der Waals surface area contributed by atoms with E-state index in [2.05, 4.69) is 73.0 Å². The fourth-order valence-corrected chi connectivity index (χ4v) is 3.15. The molecule has 0 fully saturated rings. The minimum Gasteiger partial charge on any atom is -0.303 e. The highest BCUT2D eigenvalue weighted by atomic mass is 15.2. The number of hydrogen-bond acceptors (Lipinski definition) is 2. The van der Waals surface area contributed by atoms with Gasteiger partial charge in [0.2, 0.25) is 0 Å². The fourth-order valence-electron chi connectivity index (χ4n) is 3.15. The zero-order chi connectivity index (χ0) is 16.5. The molecule has 0 bridgehead atoms. The molecule has 0 N–H and O–H groups in total. The molecule has 0 saturated heterocycles. The van der Waals surface area contributed by atoms with Gasteiger partial charge in [-0.3, -0.25) is 4.90 Å². The Morgan fingerprint density at radius 1 is 0.739 bits per heavy atom. The number of rotatable bonds is 10. The van der Waals surface area contributed by atoms with Crippen molar-refractivity contribution < 1.29 is 0 Å². The highest BCUT2D eigenvalue weighted by molar-refractivity contribution is 5.85. The molecule has 0 amide bonds. The average molecular weight is 313 g/mol. The number of fused-ring (bicyclic) bond motifs is 1. The number of unbranched alkanes of at least 4 members (excludes halogenated alkanes) is 1. The molecule has 0 aliphatic rings. The first kappa shape index (κ1) is 18.0. The molecule has 0 radical (unpaired) electrons. The lowest BCUT2D eigenvalue weighted by Crippen LogP contribution is -2.35. The molecular formula is C21H32N2. The zero-order valence-electron chi connectivity index (χ0n) is 15.1. The van der Waals surface area contributed by atoms with Crippen LogP contribution in [0.1, 0.15) is 39.2 Å². The summed E-state index contributed by atoms with van der Waals surface area (Å²) >= 11 is 0. The summed E-state index contributed by atoms with van der Waals surface area (Å²) in [5.41, 5.74) is 1.46. The Kier molecular flexibility index (Phi) is 7.57. The van der Waals surface area contributed by atoms with Crippen LogP contribution in [0.3, 0.4) is 0 Å². The van der Waals surface area contributed by atoms with E-state index in [0.717, 1.165) is 26.2 Å². The van der Waals surface area contributed by atoms with Gasteiger partial charge in [0.05, 0.1) is 0 Å². The Bertz CT molecular complexity index is 570. The topological polar surface area (TPSA) is 6.48 Å². The van der Waals surface area contributed by atoms with Crippen molar-refractivity contribution in [3.8, 4) is 0 Å². The van der Waals surface area contributed by atoms with Gasteiger partial charge in [0, 0.05) is 19.6 Å². The van der Waals surface area contributed by atoms with Gasteiger partial charge in [-0.05, 0) is 42.4 Å². The Labute approximate surface area is 142 Å². The summed E-state index contributed by atoms with van der Waals surface area (Å²) in [6.45, 7) is 13.7. The lowest BCUT2D eigenvalue weighted by Gasteiger charge is -2.26. The molecular weight excluding hydrogens is 280 g/mol. The van der Waals surface area contributed by atoms with Crippen molar-refractivity contribution in [1.82, 2.24) is 9.80 Å². The maximum atomic E-state index is 2.63. The summed E-state index contributed by atoms with van der Waals surface area (Å²) in [6.07, 6.45) is 2.54. The Hall–Kier alpha value is -1.38. The molecule has 0 atom stereocenters. The van der Waals surface area contributed by atoms with Crippen molar-refractivity contribution in [2.24, 2.45) is 0 Å². The van der Waals surface area contributed by atoms with E-state index in [4.69, 9.17) is 0 Å². The normalized spacial score (nSPS) is 11.7. The number of hydrogen-bond donors (Lipinski definition) is 0. The van der Waals surface area contributed by atoms with Gasteiger partial charge < -0.3 is 4.90 Å². The summed E-state index contributed by atoms with van der Waals surface area (Å²) in [6, 6.07) is 15.4. The number of nitrogens with zero attached hydrogens (tertiary/aromatic N) is 2. The third-order valence-corrected chi connectivity index (χ3v) is 4.73. The van der Waals surface area contributed by atoms with E-state index in [1.54, 1.807) is 0 Å². The number of benzene rings is 2. The van der Waals surface area contributed by atoms with E-state index in [1.165, 1.54) is 42.3 Å². The molecule has 126 valence electrons. The Morgan fingerprint density at radius 3 is 2.17 bits per heavy atom. The van der Waals surface area contributed by atoms with Crippen LogP contribution >= 0.6 is 0 Å². The van der Waals surface area contributed by atoms with E-state index in [1.807, 2.05) is 0 Å². The Morgan fingerprint density at radius 2 is 1.43 bits per heavy atom. The van der Waals surface area contributed by atoms with E-state index >= 15 is 0 Å². The van der Waals surface area contributed by atoms with Crippen molar-refractivity contribution >= 4 is 10.8 Å². The first-order valence-electron chi connectivity index (χ1n) is 9.19. The molecule has 0 heterocycles. The summed E-state index contributed by atoms with van der Waals surface area (Å²) in [5, 5.41) is 2.75. The minimum atomic E-state index is 1.06. The summed E-state index contributed by atoms with van der Waals surface area (Å²) in [7, 11) is 0. The maximum absolute atomic E-state index is 2.63. The standard InChI is InChI=1S/C21H32N2/c1-4-7-15-23(17-16-22(5-2)6-3)18-20-13-10-12-19-11-8-9-14-21(19)20/h8-14H,4-7,15-18H2,1-3H3. The lowest BCUT2D eigenvalue weighted by molar-refractivity contribution is 0.206. The molecule has 0 spiro atoms. The maximum Gasteiger partial charge on any atom is 0.0240 e. The zero-order valence-corrected chi connectivity index (χ0v) is 15.1. The molecule has 2 rings (SSSR count). The molecule has 0 aliphatic carbocycles. The van der Waals surface area contributed by atoms with Gasteiger partial charge in [-0.1, -0.05) is 69.7 Å². The summed E-state index contributed by atoms with van der Waals surface area (Å²) in [4.78, 5) is 5.14. The third kappa shape index (κ3) is 5.33. The van der Waals surface area contributed by atoms with Gasteiger partial charge in [0.25, 0.3) is 0 Å². The van der Waals surface area contributed by atoms with E-state index in [-0.39, 0.29) is 0 Å². The second kappa shape index (κ2) is 9.69. The molecule has 0 saturated carbocycles. The van der Waals surface area contributed by atoms with Crippen LogP contribution in [0.25, 0.3) is 10.8 Å². The van der Waals surface area contributed by atoms with Crippen LogP contribution in [0.2, 0.25) is 0 Å². The van der Waals surface area contributed by atoms with Crippen molar-refractivity contribution in [2.45, 2.75) is 40.2 Å². The molecule has 2 nitrogen and oxygen atoms in total. The second-order valence-electron chi connectivity index (χ2n) is 6.29. The molecule has 2 heteroatoms. The average Bonchev–Trinajstić information content (AvgIpc) is 2.60. The van der Waals surface area contributed by atoms with E-state index in [0.29, 0.717) is 0 Å². The van der Waals surface area contributed by atoms with Gasteiger partial charge in [-0.15, -0.1) is 0 Å². The minimum absolute atomic E-state index is 1.06. The van der Waals surface area contributed by atoms with Crippen molar-refractivity contribution in [3.63, 3.8) is 0 Å². The van der Waals surface area contributed by atoms with Crippen LogP contribution in [-0.2, 0) is 6.54 Å². The highest BCUT2D eigenvalue weighted by Crippen LogP contribution is 2.20. The van der Waals surface area contributed by atoms with Gasteiger partial charge in [-0.25, -0.2) is 0 Å². The van der Waals surface area contributed by atoms with E-state index in [9.17, 15) is 0 Å². The van der Waals surface area contributed by atoms with Crippen molar-refractivity contribution in [2.75, 3.05) is 32.7 Å². The van der Waals surface area contributed by atoms with Gasteiger partial charge in [0.15, 0.2) is 0 Å². The molecule has 23 heavy (non-hydrogen) atoms. The fraction of sp³-hybridized carbons (Fsp3) is 0.524. The molecule has 0 aromatic heterocycles. The van der Waals surface area contributed by atoms with Crippen LogP contribution in [-0.4, -0.2) is 42.5 Å². The monoisotopic (exact) mass is 312 g/mol. The SMILES string of the molecule is CCCCN(CCN(CC)CC)Cc1cccc2ccccc12. The summed E-state index contributed by atoms with van der Waals surface area (Å²) < 4.78 is 0. The smallest absolute Gasteiger partial charge is 0.0240 e. The highest BCUT2D eigenvalue weighted by Gasteiger charge is 2.09. The molecule has 2 aromatic carbocycles. The first-order valence-corrected chi connectivity index (χ1v) is 9.19. The van der Waals surface area contributed by atoms with Crippen LogP contribution in [0.4, 0.5) is 0 Å². The molecule has 2 aromatic rings. The Balaban J connectivity index is 2.09. The van der Waals surface area contributed by atoms with Gasteiger partial charge in [0.1, 0.15) is 0 Å². The van der Waals surface area contributed by atoms with Crippen LogP contribution < -0.4 is 0 Å².